The molecule has 5 rings (SSSR count). The highest BCUT2D eigenvalue weighted by molar-refractivity contribution is 6.24. The van der Waals surface area contributed by atoms with Crippen molar-refractivity contribution in [2.75, 3.05) is 47.3 Å². The summed E-state index contributed by atoms with van der Waals surface area (Å²) in [6, 6.07) is 5.77. The largest absolute Gasteiger partial charge is 0.346 e. The van der Waals surface area contributed by atoms with Crippen molar-refractivity contribution in [3.05, 3.63) is 65.0 Å². The predicted molar refractivity (Wildman–Crippen MR) is 134 cm³/mol. The van der Waals surface area contributed by atoms with Gasteiger partial charge >= 0.3 is 0 Å². The molecule has 0 unspecified atom stereocenters. The van der Waals surface area contributed by atoms with E-state index in [0.717, 1.165) is 49.6 Å². The molecule has 2 fully saturated rings. The van der Waals surface area contributed by atoms with Crippen LogP contribution < -0.4 is 0 Å². The molecule has 2 atom stereocenters. The van der Waals surface area contributed by atoms with Crippen molar-refractivity contribution in [1.82, 2.24) is 24.7 Å². The van der Waals surface area contributed by atoms with Crippen LogP contribution >= 0.6 is 0 Å². The average molecular weight is 494 g/mol. The normalized spacial score (nSPS) is 20.6. The number of benzene rings is 1. The zero-order valence-corrected chi connectivity index (χ0v) is 20.6. The predicted octanol–water partition coefficient (Wildman–Crippen LogP) is 3.35. The van der Waals surface area contributed by atoms with Gasteiger partial charge in [-0.3, -0.25) is 9.59 Å². The molecule has 1 saturated heterocycles. The SMILES string of the molecule is CN1CCN(C(=O)[C@@H]2C[C@H]2c2cnc3[nH]cc(C=C(C(=O)N(C)C)c4cccc(F)c4F)c3c2)CC1. The first-order valence-electron chi connectivity index (χ1n) is 12.1. The van der Waals surface area contributed by atoms with Crippen LogP contribution in [0.1, 0.15) is 29.0 Å². The van der Waals surface area contributed by atoms with Crippen molar-refractivity contribution < 1.29 is 18.4 Å². The van der Waals surface area contributed by atoms with Crippen LogP contribution in [-0.4, -0.2) is 83.8 Å². The molecule has 3 aromatic rings. The third kappa shape index (κ3) is 4.51. The lowest BCUT2D eigenvalue weighted by Gasteiger charge is -2.32. The molecule has 1 aliphatic carbocycles. The first-order valence-corrected chi connectivity index (χ1v) is 12.1. The Hall–Kier alpha value is -3.59. The molecule has 0 bridgehead atoms. The van der Waals surface area contributed by atoms with Gasteiger partial charge in [-0.15, -0.1) is 0 Å². The number of H-pyrrole nitrogens is 1. The molecule has 7 nitrogen and oxygen atoms in total. The van der Waals surface area contributed by atoms with Crippen LogP contribution in [0.3, 0.4) is 0 Å². The lowest BCUT2D eigenvalue weighted by Crippen LogP contribution is -2.47. The molecule has 36 heavy (non-hydrogen) atoms. The number of carbonyl (C=O) groups excluding carboxylic acids is 2. The van der Waals surface area contributed by atoms with Crippen molar-refractivity contribution in [3.8, 4) is 0 Å². The number of piperazine rings is 1. The number of aromatic amines is 1. The second-order valence-corrected chi connectivity index (χ2v) is 9.85. The molecule has 1 aliphatic heterocycles. The molecule has 3 heterocycles. The van der Waals surface area contributed by atoms with Crippen molar-refractivity contribution in [1.29, 1.82) is 0 Å². The summed E-state index contributed by atoms with van der Waals surface area (Å²) in [5.41, 5.74) is 2.14. The number of aromatic nitrogens is 2. The number of fused-ring (bicyclic) bond motifs is 1. The van der Waals surface area contributed by atoms with Gasteiger partial charge in [-0.05, 0) is 43.2 Å². The van der Waals surface area contributed by atoms with Gasteiger partial charge in [0.15, 0.2) is 11.6 Å². The summed E-state index contributed by atoms with van der Waals surface area (Å²) in [7, 11) is 5.19. The highest BCUT2D eigenvalue weighted by Crippen LogP contribution is 2.49. The molecule has 188 valence electrons. The smallest absolute Gasteiger partial charge is 0.254 e. The van der Waals surface area contributed by atoms with E-state index in [0.29, 0.717) is 11.2 Å². The Kier molecular flexibility index (Phi) is 6.34. The molecule has 0 radical (unpaired) electrons. The molecule has 1 N–H and O–H groups in total. The van der Waals surface area contributed by atoms with Crippen LogP contribution in [0.2, 0.25) is 0 Å². The summed E-state index contributed by atoms with van der Waals surface area (Å²) >= 11 is 0. The third-order valence-corrected chi connectivity index (χ3v) is 7.11. The number of amides is 2. The van der Waals surface area contributed by atoms with Crippen LogP contribution in [0.4, 0.5) is 8.78 Å². The molecule has 9 heteroatoms. The van der Waals surface area contributed by atoms with Crippen molar-refractivity contribution >= 4 is 34.5 Å². The van der Waals surface area contributed by atoms with Crippen LogP contribution in [0.25, 0.3) is 22.7 Å². The van der Waals surface area contributed by atoms with Gasteiger partial charge < -0.3 is 19.7 Å². The Morgan fingerprint density at radius 2 is 1.92 bits per heavy atom. The quantitative estimate of drug-likeness (QED) is 0.554. The fraction of sp³-hybridized carbons (Fsp3) is 0.370. The lowest BCUT2D eigenvalue weighted by atomic mass is 10.00. The minimum absolute atomic E-state index is 0.0397. The summed E-state index contributed by atoms with van der Waals surface area (Å²) in [4.78, 5) is 39.0. The Morgan fingerprint density at radius 3 is 2.64 bits per heavy atom. The van der Waals surface area contributed by atoms with Crippen LogP contribution in [0.15, 0.2) is 36.7 Å². The molecule has 2 aromatic heterocycles. The molecular formula is C27H29F2N5O2. The van der Waals surface area contributed by atoms with Gasteiger partial charge in [0.2, 0.25) is 5.91 Å². The number of hydrogen-bond acceptors (Lipinski definition) is 4. The molecule has 2 amide bonds. The number of nitrogens with zero attached hydrogens (tertiary/aromatic N) is 4. The van der Waals surface area contributed by atoms with Gasteiger partial charge in [-0.25, -0.2) is 13.8 Å². The highest BCUT2D eigenvalue weighted by atomic mass is 19.2. The average Bonchev–Trinajstić information content (AvgIpc) is 3.57. The fourth-order valence-electron chi connectivity index (χ4n) is 4.82. The van der Waals surface area contributed by atoms with E-state index in [4.69, 9.17) is 0 Å². The maximum absolute atomic E-state index is 14.6. The Bertz CT molecular complexity index is 1360. The molecular weight excluding hydrogens is 464 g/mol. The molecule has 2 aliphatic rings. The fourth-order valence-corrected chi connectivity index (χ4v) is 4.82. The van der Waals surface area contributed by atoms with Crippen LogP contribution in [0, 0.1) is 17.6 Å². The van der Waals surface area contributed by atoms with E-state index in [1.54, 1.807) is 32.6 Å². The third-order valence-electron chi connectivity index (χ3n) is 7.11. The topological polar surface area (TPSA) is 72.5 Å². The van der Waals surface area contributed by atoms with Gasteiger partial charge in [0.25, 0.3) is 5.91 Å². The minimum atomic E-state index is -1.07. The van der Waals surface area contributed by atoms with Crippen LogP contribution in [-0.2, 0) is 9.59 Å². The Labute approximate surface area is 208 Å². The number of likely N-dealkylation sites (N-methyl/N-ethyl adjacent to an activating group) is 2. The van der Waals surface area contributed by atoms with E-state index in [2.05, 4.69) is 21.9 Å². The van der Waals surface area contributed by atoms with Gasteiger partial charge in [-0.1, -0.05) is 12.1 Å². The Morgan fingerprint density at radius 1 is 1.17 bits per heavy atom. The number of rotatable bonds is 5. The number of carbonyl (C=O) groups is 2. The van der Waals surface area contributed by atoms with E-state index in [1.165, 1.54) is 17.0 Å². The zero-order chi connectivity index (χ0) is 25.6. The maximum atomic E-state index is 14.6. The standard InChI is InChI=1S/C27H29F2N5O2/c1-32(2)26(35)21(18-5-4-6-23(28)24(18)29)12-17-15-31-25-20(17)11-16(14-30-25)19-13-22(19)27(36)34-9-7-33(3)8-10-34/h4-6,11-12,14-15,19,22H,7-10,13H2,1-3H3,(H,30,31)/t19-,22+/m0/s1. The molecule has 1 aromatic carbocycles. The molecule has 0 spiro atoms. The number of hydrogen-bond donors (Lipinski definition) is 1. The highest BCUT2D eigenvalue weighted by Gasteiger charge is 2.46. The second kappa shape index (κ2) is 9.46. The summed E-state index contributed by atoms with van der Waals surface area (Å²) in [6.45, 7) is 3.27. The first kappa shape index (κ1) is 24.1. The first-order chi connectivity index (χ1) is 17.2. The van der Waals surface area contributed by atoms with Gasteiger partial charge in [0.05, 0.1) is 5.57 Å². The molecule has 1 saturated carbocycles. The monoisotopic (exact) mass is 493 g/mol. The second-order valence-electron chi connectivity index (χ2n) is 9.85. The summed E-state index contributed by atoms with van der Waals surface area (Å²) < 4.78 is 28.6. The van der Waals surface area contributed by atoms with Gasteiger partial charge in [-0.2, -0.15) is 0 Å². The van der Waals surface area contributed by atoms with E-state index >= 15 is 0 Å². The van der Waals surface area contributed by atoms with E-state index in [-0.39, 0.29) is 28.9 Å². The van der Waals surface area contributed by atoms with Gasteiger partial charge in [0.1, 0.15) is 5.65 Å². The maximum Gasteiger partial charge on any atom is 0.254 e. The van der Waals surface area contributed by atoms with Gasteiger partial charge in [0, 0.05) is 75.1 Å². The van der Waals surface area contributed by atoms with Crippen molar-refractivity contribution in [2.24, 2.45) is 5.92 Å². The van der Waals surface area contributed by atoms with E-state index in [1.807, 2.05) is 11.0 Å². The van der Waals surface area contributed by atoms with Crippen molar-refractivity contribution in [2.45, 2.75) is 12.3 Å². The number of nitrogens with one attached hydrogen (secondary N) is 1. The minimum Gasteiger partial charge on any atom is -0.346 e. The van der Waals surface area contributed by atoms with Crippen LogP contribution in [0.5, 0.6) is 0 Å². The van der Waals surface area contributed by atoms with E-state index in [9.17, 15) is 18.4 Å². The Balaban J connectivity index is 1.46. The van der Waals surface area contributed by atoms with E-state index < -0.39 is 17.5 Å². The lowest BCUT2D eigenvalue weighted by molar-refractivity contribution is -0.134. The number of pyridine rings is 1. The summed E-state index contributed by atoms with van der Waals surface area (Å²) in [5, 5.41) is 0.756. The zero-order valence-electron chi connectivity index (χ0n) is 20.6. The summed E-state index contributed by atoms with van der Waals surface area (Å²) in [5.74, 6) is -2.28. The number of halogens is 2. The summed E-state index contributed by atoms with van der Waals surface area (Å²) in [6.07, 6.45) is 5.82. The van der Waals surface area contributed by atoms with Crippen molar-refractivity contribution in [3.63, 3.8) is 0 Å².